The molecule has 1 amide bonds. The zero-order valence-corrected chi connectivity index (χ0v) is 10.0. The van der Waals surface area contributed by atoms with Crippen LogP contribution in [0.3, 0.4) is 0 Å². The maximum Gasteiger partial charge on any atom is 0.319 e. The van der Waals surface area contributed by atoms with Crippen LogP contribution >= 0.6 is 11.8 Å². The molecule has 2 aliphatic rings. The minimum Gasteiger partial charge on any atom is -0.480 e. The summed E-state index contributed by atoms with van der Waals surface area (Å²) in [6.07, 6.45) is 3.77. The van der Waals surface area contributed by atoms with Crippen molar-refractivity contribution < 1.29 is 14.7 Å². The van der Waals surface area contributed by atoms with Gasteiger partial charge in [0, 0.05) is 6.04 Å². The van der Waals surface area contributed by atoms with Gasteiger partial charge in [0.05, 0.1) is 0 Å². The van der Waals surface area contributed by atoms with Gasteiger partial charge in [-0.15, -0.1) is 0 Å². The molecule has 1 saturated carbocycles. The van der Waals surface area contributed by atoms with Crippen LogP contribution in [0.25, 0.3) is 0 Å². The molecule has 1 aliphatic heterocycles. The molecule has 0 aromatic rings. The number of carbonyl (C=O) groups excluding carboxylic acids is 1. The summed E-state index contributed by atoms with van der Waals surface area (Å²) in [6, 6.07) is 0.186. The third kappa shape index (κ3) is 2.05. The highest BCUT2D eigenvalue weighted by Gasteiger charge is 2.51. The second-order valence-electron chi connectivity index (χ2n) is 4.60. The van der Waals surface area contributed by atoms with E-state index in [1.165, 1.54) is 0 Å². The lowest BCUT2D eigenvalue weighted by molar-refractivity contribution is -0.162. The Bertz CT molecular complexity index is 296. The molecular formula is C11H17NO3S. The van der Waals surface area contributed by atoms with Crippen molar-refractivity contribution in [1.29, 1.82) is 0 Å². The predicted octanol–water partition coefficient (Wildman–Crippen LogP) is 1.25. The van der Waals surface area contributed by atoms with E-state index in [1.54, 1.807) is 0 Å². The summed E-state index contributed by atoms with van der Waals surface area (Å²) < 4.78 is 0. The van der Waals surface area contributed by atoms with E-state index >= 15 is 0 Å². The Kier molecular flexibility index (Phi) is 3.42. The smallest absolute Gasteiger partial charge is 0.319 e. The number of amides is 1. The van der Waals surface area contributed by atoms with Crippen molar-refractivity contribution in [3.05, 3.63) is 0 Å². The van der Waals surface area contributed by atoms with Gasteiger partial charge in [0.1, 0.15) is 5.41 Å². The van der Waals surface area contributed by atoms with E-state index in [2.05, 4.69) is 5.32 Å². The van der Waals surface area contributed by atoms with Gasteiger partial charge in [-0.2, -0.15) is 11.8 Å². The predicted molar refractivity (Wildman–Crippen MR) is 62.4 cm³/mol. The number of hydrogen-bond donors (Lipinski definition) is 2. The zero-order chi connectivity index (χ0) is 11.6. The van der Waals surface area contributed by atoms with Crippen LogP contribution in [0, 0.1) is 5.41 Å². The number of nitrogens with one attached hydrogen (secondary N) is 1. The molecule has 1 heterocycles. The Balaban J connectivity index is 1.93. The number of carbonyl (C=O) groups is 2. The van der Waals surface area contributed by atoms with Crippen molar-refractivity contribution in [1.82, 2.24) is 5.32 Å². The van der Waals surface area contributed by atoms with Crippen LogP contribution in [-0.4, -0.2) is 34.5 Å². The lowest BCUT2D eigenvalue weighted by atomic mass is 9.68. The summed E-state index contributed by atoms with van der Waals surface area (Å²) in [5.41, 5.74) is -1.11. The van der Waals surface area contributed by atoms with Crippen LogP contribution in [0.4, 0.5) is 0 Å². The normalized spacial score (nSPS) is 24.5. The van der Waals surface area contributed by atoms with Gasteiger partial charge in [-0.05, 0) is 37.2 Å². The van der Waals surface area contributed by atoms with Crippen LogP contribution < -0.4 is 5.32 Å². The van der Waals surface area contributed by atoms with Crippen LogP contribution in [0.1, 0.15) is 32.1 Å². The molecule has 0 unspecified atom stereocenters. The van der Waals surface area contributed by atoms with E-state index in [9.17, 15) is 9.59 Å². The Morgan fingerprint density at radius 2 is 1.88 bits per heavy atom. The number of carboxylic acids is 1. The molecule has 1 aliphatic carbocycles. The fourth-order valence-corrected chi connectivity index (χ4v) is 3.34. The molecule has 1 saturated heterocycles. The van der Waals surface area contributed by atoms with Gasteiger partial charge in [0.15, 0.2) is 0 Å². The molecule has 4 nitrogen and oxygen atoms in total. The molecule has 0 bridgehead atoms. The monoisotopic (exact) mass is 243 g/mol. The minimum atomic E-state index is -1.11. The topological polar surface area (TPSA) is 66.4 Å². The lowest BCUT2D eigenvalue weighted by Crippen LogP contribution is -2.53. The first kappa shape index (κ1) is 11.8. The Morgan fingerprint density at radius 1 is 1.25 bits per heavy atom. The maximum atomic E-state index is 12.0. The van der Waals surface area contributed by atoms with Gasteiger partial charge in [-0.1, -0.05) is 6.42 Å². The highest BCUT2D eigenvalue weighted by Crippen LogP contribution is 2.41. The van der Waals surface area contributed by atoms with Gasteiger partial charge in [0.25, 0.3) is 0 Å². The number of aliphatic carboxylic acids is 1. The molecule has 5 heteroatoms. The van der Waals surface area contributed by atoms with Gasteiger partial charge in [0.2, 0.25) is 5.91 Å². The first-order chi connectivity index (χ1) is 7.65. The second-order valence-corrected chi connectivity index (χ2v) is 5.83. The van der Waals surface area contributed by atoms with Crippen LogP contribution in [0.2, 0.25) is 0 Å². The van der Waals surface area contributed by atoms with Gasteiger partial charge in [-0.3, -0.25) is 9.59 Å². The largest absolute Gasteiger partial charge is 0.480 e. The van der Waals surface area contributed by atoms with Crippen molar-refractivity contribution >= 4 is 23.6 Å². The molecule has 0 spiro atoms. The van der Waals surface area contributed by atoms with E-state index in [0.717, 1.165) is 30.8 Å². The fourth-order valence-electron chi connectivity index (χ4n) is 2.23. The van der Waals surface area contributed by atoms with Crippen LogP contribution in [-0.2, 0) is 9.59 Å². The summed E-state index contributed by atoms with van der Waals surface area (Å²) in [5.74, 6) is 0.903. The summed E-state index contributed by atoms with van der Waals surface area (Å²) >= 11 is 1.89. The van der Waals surface area contributed by atoms with Gasteiger partial charge < -0.3 is 10.4 Å². The van der Waals surface area contributed by atoms with Crippen molar-refractivity contribution in [2.24, 2.45) is 5.41 Å². The molecule has 2 fully saturated rings. The molecule has 90 valence electrons. The molecule has 0 radical (unpaired) electrons. The highest BCUT2D eigenvalue weighted by atomic mass is 32.2. The first-order valence-electron chi connectivity index (χ1n) is 5.77. The van der Waals surface area contributed by atoms with Crippen molar-refractivity contribution in [2.75, 3.05) is 11.5 Å². The lowest BCUT2D eigenvalue weighted by Gasteiger charge is -2.37. The maximum absolute atomic E-state index is 12.0. The molecule has 2 N–H and O–H groups in total. The quantitative estimate of drug-likeness (QED) is 0.732. The third-order valence-electron chi connectivity index (χ3n) is 3.61. The Hall–Kier alpha value is -0.710. The average Bonchev–Trinajstić information content (AvgIpc) is 2.16. The SMILES string of the molecule is O=C(O)C1(C(=O)NC2CCSCC2)CCC1. The summed E-state index contributed by atoms with van der Waals surface area (Å²) in [4.78, 5) is 23.1. The van der Waals surface area contributed by atoms with Gasteiger partial charge in [-0.25, -0.2) is 0 Å². The summed E-state index contributed by atoms with van der Waals surface area (Å²) in [6.45, 7) is 0. The van der Waals surface area contributed by atoms with E-state index < -0.39 is 11.4 Å². The highest BCUT2D eigenvalue weighted by molar-refractivity contribution is 7.99. The second kappa shape index (κ2) is 4.65. The third-order valence-corrected chi connectivity index (χ3v) is 4.66. The average molecular weight is 243 g/mol. The zero-order valence-electron chi connectivity index (χ0n) is 9.20. The van der Waals surface area contributed by atoms with Crippen molar-refractivity contribution in [3.8, 4) is 0 Å². The van der Waals surface area contributed by atoms with Crippen molar-refractivity contribution in [3.63, 3.8) is 0 Å². The number of hydrogen-bond acceptors (Lipinski definition) is 3. The molecule has 0 aromatic heterocycles. The standard InChI is InChI=1S/C11H17NO3S/c13-9(11(10(14)15)4-1-5-11)12-8-2-6-16-7-3-8/h8H,1-7H2,(H,12,13)(H,14,15). The van der Waals surface area contributed by atoms with E-state index in [-0.39, 0.29) is 11.9 Å². The Labute approximate surface area is 99.2 Å². The first-order valence-corrected chi connectivity index (χ1v) is 6.93. The fraction of sp³-hybridized carbons (Fsp3) is 0.818. The van der Waals surface area contributed by atoms with Gasteiger partial charge >= 0.3 is 5.97 Å². The number of rotatable bonds is 3. The summed E-state index contributed by atoms with van der Waals surface area (Å²) in [5, 5.41) is 12.0. The number of thioether (sulfide) groups is 1. The van der Waals surface area contributed by atoms with Crippen molar-refractivity contribution in [2.45, 2.75) is 38.1 Å². The molecular weight excluding hydrogens is 226 g/mol. The van der Waals surface area contributed by atoms with E-state index in [0.29, 0.717) is 12.8 Å². The van der Waals surface area contributed by atoms with Crippen LogP contribution in [0.5, 0.6) is 0 Å². The molecule has 2 rings (SSSR count). The Morgan fingerprint density at radius 3 is 2.31 bits per heavy atom. The molecule has 16 heavy (non-hydrogen) atoms. The number of carboxylic acid groups (broad SMARTS) is 1. The molecule has 0 aromatic carbocycles. The van der Waals surface area contributed by atoms with E-state index in [4.69, 9.17) is 5.11 Å². The molecule has 0 atom stereocenters. The van der Waals surface area contributed by atoms with E-state index in [1.807, 2.05) is 11.8 Å². The minimum absolute atomic E-state index is 0.186. The summed E-state index contributed by atoms with van der Waals surface area (Å²) in [7, 11) is 0. The van der Waals surface area contributed by atoms with Crippen LogP contribution in [0.15, 0.2) is 0 Å².